The van der Waals surface area contributed by atoms with E-state index in [1.807, 2.05) is 0 Å². The van der Waals surface area contributed by atoms with Crippen molar-refractivity contribution in [3.05, 3.63) is 72.9 Å². The van der Waals surface area contributed by atoms with E-state index in [1.54, 1.807) is 0 Å². The van der Waals surface area contributed by atoms with Crippen LogP contribution in [0.5, 0.6) is 0 Å². The fraction of sp³-hybridized carbons (Fsp3) is 0.727. The van der Waals surface area contributed by atoms with Crippen molar-refractivity contribution in [3.8, 4) is 0 Å². The predicted molar refractivity (Wildman–Crippen MR) is 261 cm³/mol. The summed E-state index contributed by atoms with van der Waals surface area (Å²) in [7, 11) is 0. The highest BCUT2D eigenvalue weighted by atomic mass is 16.6. The van der Waals surface area contributed by atoms with Crippen molar-refractivity contribution in [2.24, 2.45) is 0 Å². The Bertz CT molecular complexity index is 1160. The Labute approximate surface area is 376 Å². The Hall–Kier alpha value is -3.15. The average Bonchev–Trinajstić information content (AvgIpc) is 3.26. The molecule has 0 aliphatic heterocycles. The first-order valence-corrected chi connectivity index (χ1v) is 25.4. The van der Waals surface area contributed by atoms with E-state index < -0.39 is 6.10 Å². The number of esters is 3. The lowest BCUT2D eigenvalue weighted by Gasteiger charge is -2.18. The summed E-state index contributed by atoms with van der Waals surface area (Å²) in [5.74, 6) is -0.902. The molecule has 0 aromatic carbocycles. The third kappa shape index (κ3) is 47.7. The standard InChI is InChI=1S/C55H94O6/c1-4-7-10-13-16-19-21-22-23-24-25-26-27-28-29-30-31-32-33-34-35-37-39-42-45-48-54(57)60-51-52(50-59-53(56)47-44-41-38-18-15-12-9-6-3)61-55(58)49-46-43-40-36-20-17-14-11-8-5-2/h7,10-11,14,16,19,22-23,25-26,28-29,52H,4-6,8-9,12-13,15,17-18,20-21,24,27,30-51H2,1-3H3/b10-7-,14-11-,19-16-,23-22-,26-25-,29-28-. The van der Waals surface area contributed by atoms with Crippen molar-refractivity contribution < 1.29 is 28.6 Å². The Balaban J connectivity index is 4.17. The number of carbonyl (C=O) groups excluding carboxylic acids is 3. The quantitative estimate of drug-likeness (QED) is 0.0263. The molecule has 0 rings (SSSR count). The minimum absolute atomic E-state index is 0.0796. The molecule has 1 atom stereocenters. The van der Waals surface area contributed by atoms with Crippen molar-refractivity contribution in [1.29, 1.82) is 0 Å². The molecule has 6 nitrogen and oxygen atoms in total. The maximum atomic E-state index is 12.7. The molecule has 0 fully saturated rings. The summed E-state index contributed by atoms with van der Waals surface area (Å²) in [5, 5.41) is 0. The van der Waals surface area contributed by atoms with E-state index in [0.29, 0.717) is 19.3 Å². The van der Waals surface area contributed by atoms with E-state index in [-0.39, 0.29) is 31.1 Å². The summed E-state index contributed by atoms with van der Waals surface area (Å²) in [4.78, 5) is 37.7. The Kier molecular flexibility index (Phi) is 46.9. The van der Waals surface area contributed by atoms with Crippen molar-refractivity contribution in [1.82, 2.24) is 0 Å². The highest BCUT2D eigenvalue weighted by molar-refractivity contribution is 5.71. The topological polar surface area (TPSA) is 78.9 Å². The Morgan fingerprint density at radius 1 is 0.344 bits per heavy atom. The molecule has 1 unspecified atom stereocenters. The lowest BCUT2D eigenvalue weighted by Crippen LogP contribution is -2.30. The fourth-order valence-corrected chi connectivity index (χ4v) is 6.88. The van der Waals surface area contributed by atoms with Crippen molar-refractivity contribution >= 4 is 17.9 Å². The lowest BCUT2D eigenvalue weighted by molar-refractivity contribution is -0.167. The summed E-state index contributed by atoms with van der Waals surface area (Å²) in [6, 6.07) is 0. The van der Waals surface area contributed by atoms with Gasteiger partial charge in [0.1, 0.15) is 13.2 Å². The van der Waals surface area contributed by atoms with Crippen molar-refractivity contribution in [2.75, 3.05) is 13.2 Å². The van der Waals surface area contributed by atoms with Gasteiger partial charge >= 0.3 is 17.9 Å². The Morgan fingerprint density at radius 3 is 1.08 bits per heavy atom. The second-order valence-corrected chi connectivity index (χ2v) is 16.7. The lowest BCUT2D eigenvalue weighted by atomic mass is 10.1. The van der Waals surface area contributed by atoms with Crippen LogP contribution in [0.2, 0.25) is 0 Å². The molecule has 6 heteroatoms. The summed E-state index contributed by atoms with van der Waals surface area (Å²) in [6.07, 6.45) is 61.9. The molecule has 0 aliphatic rings. The molecule has 0 radical (unpaired) electrons. The molecule has 350 valence electrons. The first kappa shape index (κ1) is 57.9. The summed E-state index contributed by atoms with van der Waals surface area (Å²) < 4.78 is 16.7. The van der Waals surface area contributed by atoms with Gasteiger partial charge in [0.05, 0.1) is 0 Å². The molecule has 0 aromatic rings. The van der Waals surface area contributed by atoms with Crippen LogP contribution in [-0.4, -0.2) is 37.2 Å². The van der Waals surface area contributed by atoms with Crippen LogP contribution in [0.3, 0.4) is 0 Å². The number of carbonyl (C=O) groups is 3. The largest absolute Gasteiger partial charge is 0.462 e. The predicted octanol–water partition coefficient (Wildman–Crippen LogP) is 16.6. The molecule has 0 saturated carbocycles. The monoisotopic (exact) mass is 851 g/mol. The van der Waals surface area contributed by atoms with Gasteiger partial charge in [0.15, 0.2) is 6.10 Å². The molecule has 0 saturated heterocycles. The van der Waals surface area contributed by atoms with Crippen LogP contribution >= 0.6 is 0 Å². The molecule has 0 heterocycles. The van der Waals surface area contributed by atoms with Gasteiger partial charge in [0, 0.05) is 19.3 Å². The zero-order chi connectivity index (χ0) is 44.4. The number of hydrogen-bond donors (Lipinski definition) is 0. The first-order valence-electron chi connectivity index (χ1n) is 25.4. The van der Waals surface area contributed by atoms with Gasteiger partial charge in [-0.2, -0.15) is 0 Å². The van der Waals surface area contributed by atoms with Gasteiger partial charge in [-0.15, -0.1) is 0 Å². The summed E-state index contributed by atoms with van der Waals surface area (Å²) in [5.41, 5.74) is 0. The van der Waals surface area contributed by atoms with Crippen LogP contribution in [0.4, 0.5) is 0 Å². The Morgan fingerprint density at radius 2 is 0.672 bits per heavy atom. The molecular formula is C55H94O6. The second-order valence-electron chi connectivity index (χ2n) is 16.7. The van der Waals surface area contributed by atoms with Crippen LogP contribution in [0, 0.1) is 0 Å². The maximum absolute atomic E-state index is 12.7. The molecule has 61 heavy (non-hydrogen) atoms. The number of allylic oxidation sites excluding steroid dienone is 12. The number of hydrogen-bond acceptors (Lipinski definition) is 6. The smallest absolute Gasteiger partial charge is 0.306 e. The first-order chi connectivity index (χ1) is 30.0. The second kappa shape index (κ2) is 49.5. The molecule has 0 amide bonds. The third-order valence-corrected chi connectivity index (χ3v) is 10.7. The number of unbranched alkanes of at least 4 members (excludes halogenated alkanes) is 22. The number of ether oxygens (including phenoxy) is 3. The normalized spacial score (nSPS) is 12.6. The van der Waals surface area contributed by atoms with Gasteiger partial charge < -0.3 is 14.2 Å². The molecular weight excluding hydrogens is 757 g/mol. The van der Waals surface area contributed by atoms with Gasteiger partial charge in [-0.25, -0.2) is 0 Å². The van der Waals surface area contributed by atoms with E-state index in [0.717, 1.165) is 116 Å². The van der Waals surface area contributed by atoms with Gasteiger partial charge in [-0.05, 0) is 83.5 Å². The minimum Gasteiger partial charge on any atom is -0.462 e. The average molecular weight is 851 g/mol. The molecule has 0 aromatic heterocycles. The van der Waals surface area contributed by atoms with Crippen LogP contribution in [0.25, 0.3) is 0 Å². The fourth-order valence-electron chi connectivity index (χ4n) is 6.88. The van der Waals surface area contributed by atoms with Crippen LogP contribution in [0.15, 0.2) is 72.9 Å². The SMILES string of the molecule is CC/C=C\C/C=C\C/C=C\C/C=C\C/C=C\CCCCCCCCCCCC(=O)OCC(COC(=O)CCCCCCCCCC)OC(=O)CCCCCCC/C=C\CCC. The van der Waals surface area contributed by atoms with E-state index in [4.69, 9.17) is 14.2 Å². The maximum Gasteiger partial charge on any atom is 0.306 e. The van der Waals surface area contributed by atoms with E-state index in [9.17, 15) is 14.4 Å². The van der Waals surface area contributed by atoms with Crippen LogP contribution in [-0.2, 0) is 28.6 Å². The summed E-state index contributed by atoms with van der Waals surface area (Å²) in [6.45, 7) is 6.41. The molecule has 0 N–H and O–H groups in total. The van der Waals surface area contributed by atoms with Gasteiger partial charge in [0.25, 0.3) is 0 Å². The van der Waals surface area contributed by atoms with Crippen molar-refractivity contribution in [2.45, 2.75) is 245 Å². The van der Waals surface area contributed by atoms with Crippen LogP contribution in [0.1, 0.15) is 239 Å². The third-order valence-electron chi connectivity index (χ3n) is 10.7. The van der Waals surface area contributed by atoms with Crippen LogP contribution < -0.4 is 0 Å². The molecule has 0 aliphatic carbocycles. The summed E-state index contributed by atoms with van der Waals surface area (Å²) >= 11 is 0. The van der Waals surface area contributed by atoms with Gasteiger partial charge in [0.2, 0.25) is 0 Å². The van der Waals surface area contributed by atoms with Crippen molar-refractivity contribution in [3.63, 3.8) is 0 Å². The van der Waals surface area contributed by atoms with E-state index >= 15 is 0 Å². The zero-order valence-corrected chi connectivity index (χ0v) is 39.9. The zero-order valence-electron chi connectivity index (χ0n) is 39.9. The highest BCUT2D eigenvalue weighted by Gasteiger charge is 2.19. The van der Waals surface area contributed by atoms with E-state index in [2.05, 4.69) is 93.7 Å². The molecule has 0 bridgehead atoms. The number of rotatable bonds is 45. The molecule has 0 spiro atoms. The minimum atomic E-state index is -0.777. The van der Waals surface area contributed by atoms with Gasteiger partial charge in [-0.3, -0.25) is 14.4 Å². The highest BCUT2D eigenvalue weighted by Crippen LogP contribution is 2.14. The van der Waals surface area contributed by atoms with E-state index in [1.165, 1.54) is 83.5 Å². The van der Waals surface area contributed by atoms with Gasteiger partial charge in [-0.1, -0.05) is 209 Å².